The Morgan fingerprint density at radius 2 is 1.73 bits per heavy atom. The number of allylic oxidation sites excluding steroid dienone is 1. The molecule has 1 aromatic carbocycles. The van der Waals surface area contributed by atoms with E-state index in [1.807, 2.05) is 0 Å². The summed E-state index contributed by atoms with van der Waals surface area (Å²) in [6.07, 6.45) is 4.73. The van der Waals surface area contributed by atoms with Crippen LogP contribution in [0.15, 0.2) is 42.6 Å². The highest BCUT2D eigenvalue weighted by Crippen LogP contribution is 2.42. The van der Waals surface area contributed by atoms with Gasteiger partial charge in [-0.15, -0.1) is 0 Å². The highest BCUT2D eigenvalue weighted by atomic mass is 15.4. The van der Waals surface area contributed by atoms with Crippen LogP contribution >= 0.6 is 0 Å². The second kappa shape index (κ2) is 5.11. The Hall–Kier alpha value is -1.84. The molecule has 0 saturated heterocycles. The number of hydrogen-bond acceptors (Lipinski definition) is 3. The van der Waals surface area contributed by atoms with Gasteiger partial charge in [0.2, 0.25) is 0 Å². The van der Waals surface area contributed by atoms with E-state index >= 15 is 0 Å². The summed E-state index contributed by atoms with van der Waals surface area (Å²) in [4.78, 5) is 7.05. The summed E-state index contributed by atoms with van der Waals surface area (Å²) in [5, 5.41) is 0. The molecule has 0 amide bonds. The number of benzene rings is 1. The van der Waals surface area contributed by atoms with Crippen LogP contribution in [0.2, 0.25) is 0 Å². The molecule has 22 heavy (non-hydrogen) atoms. The number of para-hydroxylation sites is 1. The van der Waals surface area contributed by atoms with Crippen LogP contribution in [0.3, 0.4) is 0 Å². The molecule has 0 spiro atoms. The molecule has 0 saturated carbocycles. The van der Waals surface area contributed by atoms with Crippen LogP contribution in [0.1, 0.15) is 33.3 Å². The van der Waals surface area contributed by atoms with Gasteiger partial charge in [0.25, 0.3) is 0 Å². The van der Waals surface area contributed by atoms with E-state index in [0.29, 0.717) is 6.17 Å². The molecule has 2 aliphatic rings. The van der Waals surface area contributed by atoms with Crippen LogP contribution < -0.4 is 4.81 Å². The standard InChI is InChI=1S/C18H26BN3/c1-14-20(5)11-12-22(14)19-13-16(18(2,3)4)15-9-7-8-10-17(15)21(19)6/h7-14H,1-6H3/t14-/m0/s1. The van der Waals surface area contributed by atoms with Gasteiger partial charge in [-0.25, -0.2) is 0 Å². The summed E-state index contributed by atoms with van der Waals surface area (Å²) < 4.78 is 0. The van der Waals surface area contributed by atoms with Gasteiger partial charge in [-0.1, -0.05) is 44.9 Å². The molecule has 2 heterocycles. The van der Waals surface area contributed by atoms with Crippen LogP contribution in [0.25, 0.3) is 5.57 Å². The fourth-order valence-corrected chi connectivity index (χ4v) is 3.39. The summed E-state index contributed by atoms with van der Waals surface area (Å²) in [6.45, 7) is 9.40. The van der Waals surface area contributed by atoms with Gasteiger partial charge in [0, 0.05) is 25.1 Å². The van der Waals surface area contributed by atoms with Gasteiger partial charge < -0.3 is 14.5 Å². The Bertz CT molecular complexity index is 629. The maximum absolute atomic E-state index is 2.43. The lowest BCUT2D eigenvalue weighted by Gasteiger charge is -2.42. The fraction of sp³-hybridized carbons (Fsp3) is 0.444. The fourth-order valence-electron chi connectivity index (χ4n) is 3.39. The lowest BCUT2D eigenvalue weighted by molar-refractivity contribution is 0.272. The molecule has 0 radical (unpaired) electrons. The second-order valence-corrected chi connectivity index (χ2v) is 7.41. The van der Waals surface area contributed by atoms with Crippen molar-refractivity contribution >= 4 is 18.2 Å². The summed E-state index contributed by atoms with van der Waals surface area (Å²) in [5.74, 6) is 2.43. The Labute approximate surface area is 135 Å². The highest BCUT2D eigenvalue weighted by molar-refractivity contribution is 6.68. The van der Waals surface area contributed by atoms with Gasteiger partial charge in [0.1, 0.15) is 0 Å². The Kier molecular flexibility index (Phi) is 3.50. The Balaban J connectivity index is 2.08. The second-order valence-electron chi connectivity index (χ2n) is 7.41. The number of nitrogens with zero attached hydrogens (tertiary/aromatic N) is 3. The van der Waals surface area contributed by atoms with Crippen LogP contribution in [0.4, 0.5) is 5.69 Å². The topological polar surface area (TPSA) is 9.72 Å². The average Bonchev–Trinajstić information content (AvgIpc) is 2.79. The zero-order valence-electron chi connectivity index (χ0n) is 14.5. The molecule has 4 heteroatoms. The molecule has 0 unspecified atom stereocenters. The number of fused-ring (bicyclic) bond motifs is 1. The van der Waals surface area contributed by atoms with Gasteiger partial charge in [0.15, 0.2) is 0 Å². The minimum atomic E-state index is 0.133. The van der Waals surface area contributed by atoms with Crippen molar-refractivity contribution in [3.05, 3.63) is 48.2 Å². The highest BCUT2D eigenvalue weighted by Gasteiger charge is 2.38. The monoisotopic (exact) mass is 295 g/mol. The van der Waals surface area contributed by atoms with E-state index in [2.05, 4.69) is 99.0 Å². The predicted molar refractivity (Wildman–Crippen MR) is 96.2 cm³/mol. The first-order valence-electron chi connectivity index (χ1n) is 8.03. The minimum absolute atomic E-state index is 0.133. The zero-order valence-corrected chi connectivity index (χ0v) is 14.5. The average molecular weight is 295 g/mol. The van der Waals surface area contributed by atoms with Crippen molar-refractivity contribution in [1.29, 1.82) is 0 Å². The van der Waals surface area contributed by atoms with Crippen molar-refractivity contribution in [1.82, 2.24) is 9.71 Å². The van der Waals surface area contributed by atoms with Gasteiger partial charge in [-0.05, 0) is 36.6 Å². The largest absolute Gasteiger partial charge is 0.404 e. The van der Waals surface area contributed by atoms with Gasteiger partial charge in [-0.3, -0.25) is 0 Å². The molecule has 116 valence electrons. The smallest absolute Gasteiger partial charge is 0.395 e. The molecular weight excluding hydrogens is 269 g/mol. The number of hydrogen-bond donors (Lipinski definition) is 0. The lowest BCUT2D eigenvalue weighted by atomic mass is 9.62. The summed E-state index contributed by atoms with van der Waals surface area (Å²) in [5.41, 5.74) is 4.24. The van der Waals surface area contributed by atoms with Crippen molar-refractivity contribution in [2.45, 2.75) is 33.9 Å². The molecule has 3 rings (SSSR count). The molecule has 0 N–H and O–H groups in total. The molecule has 0 aliphatic carbocycles. The molecule has 3 nitrogen and oxygen atoms in total. The third-order valence-electron chi connectivity index (χ3n) is 4.90. The first-order chi connectivity index (χ1) is 10.3. The zero-order chi connectivity index (χ0) is 16.1. The molecule has 1 atom stereocenters. The van der Waals surface area contributed by atoms with E-state index in [4.69, 9.17) is 0 Å². The van der Waals surface area contributed by atoms with Crippen molar-refractivity contribution in [3.63, 3.8) is 0 Å². The SMILES string of the molecule is C[C@H]1N(C)C=CN1B1C=C(C(C)(C)C)c2ccccc2N1C. The third kappa shape index (κ3) is 2.31. The van der Waals surface area contributed by atoms with E-state index < -0.39 is 0 Å². The van der Waals surface area contributed by atoms with E-state index in [-0.39, 0.29) is 12.4 Å². The molecule has 0 aromatic heterocycles. The van der Waals surface area contributed by atoms with Crippen molar-refractivity contribution in [2.75, 3.05) is 18.9 Å². The van der Waals surface area contributed by atoms with Crippen molar-refractivity contribution < 1.29 is 0 Å². The van der Waals surface area contributed by atoms with Gasteiger partial charge in [-0.2, -0.15) is 0 Å². The normalized spacial score (nSPS) is 21.4. The number of anilines is 1. The summed E-state index contributed by atoms with van der Waals surface area (Å²) >= 11 is 0. The maximum Gasteiger partial charge on any atom is 0.404 e. The van der Waals surface area contributed by atoms with Gasteiger partial charge >= 0.3 is 6.98 Å². The predicted octanol–water partition coefficient (Wildman–Crippen LogP) is 3.66. The van der Waals surface area contributed by atoms with Crippen LogP contribution in [-0.4, -0.2) is 37.0 Å². The lowest BCUT2D eigenvalue weighted by Crippen LogP contribution is -2.54. The van der Waals surface area contributed by atoms with Crippen LogP contribution in [0, 0.1) is 5.41 Å². The Morgan fingerprint density at radius 1 is 1.05 bits per heavy atom. The van der Waals surface area contributed by atoms with E-state index in [9.17, 15) is 0 Å². The summed E-state index contributed by atoms with van der Waals surface area (Å²) in [7, 11) is 4.32. The quantitative estimate of drug-likeness (QED) is 0.732. The first-order valence-corrected chi connectivity index (χ1v) is 8.03. The van der Waals surface area contributed by atoms with Crippen LogP contribution in [0.5, 0.6) is 0 Å². The van der Waals surface area contributed by atoms with E-state index in [0.717, 1.165) is 0 Å². The maximum atomic E-state index is 2.43. The molecular formula is C18H26BN3. The van der Waals surface area contributed by atoms with Gasteiger partial charge in [0.05, 0.1) is 6.17 Å². The van der Waals surface area contributed by atoms with E-state index in [1.165, 1.54) is 16.8 Å². The molecule has 0 bridgehead atoms. The van der Waals surface area contributed by atoms with Crippen molar-refractivity contribution in [3.8, 4) is 0 Å². The van der Waals surface area contributed by atoms with Crippen LogP contribution in [-0.2, 0) is 0 Å². The molecule has 0 fully saturated rings. The molecule has 2 aliphatic heterocycles. The third-order valence-corrected chi connectivity index (χ3v) is 4.90. The first kappa shape index (κ1) is 15.1. The van der Waals surface area contributed by atoms with Crippen molar-refractivity contribution in [2.24, 2.45) is 5.41 Å². The minimum Gasteiger partial charge on any atom is -0.395 e. The summed E-state index contributed by atoms with van der Waals surface area (Å²) in [6, 6.07) is 8.75. The number of rotatable bonds is 1. The van der Waals surface area contributed by atoms with E-state index in [1.54, 1.807) is 0 Å². The molecule has 1 aromatic rings. The Morgan fingerprint density at radius 3 is 2.32 bits per heavy atom.